The molecule has 0 aromatic heterocycles. The maximum absolute atomic E-state index is 13.5. The standard InChI is InChI=1S/C17H16F2INO/c18-17(19,20)16(22)11-21(12-16)15(13-7-3-1-4-8-13)14-9-5-2-6-10-14/h1-10,15,22H,11-12H2. The van der Waals surface area contributed by atoms with E-state index in [4.69, 9.17) is 0 Å². The molecule has 3 rings (SSSR count). The monoisotopic (exact) mass is 415 g/mol. The molecule has 2 aromatic rings. The van der Waals surface area contributed by atoms with Gasteiger partial charge >= 0.3 is 3.93 Å². The Kier molecular flexibility index (Phi) is 4.22. The molecule has 0 bridgehead atoms. The van der Waals surface area contributed by atoms with Crippen LogP contribution < -0.4 is 0 Å². The fourth-order valence-corrected chi connectivity index (χ4v) is 3.21. The van der Waals surface area contributed by atoms with Gasteiger partial charge in [-0.1, -0.05) is 60.7 Å². The number of hydrogen-bond acceptors (Lipinski definition) is 2. The van der Waals surface area contributed by atoms with E-state index in [0.717, 1.165) is 33.7 Å². The fourth-order valence-electron chi connectivity index (χ4n) is 2.87. The van der Waals surface area contributed by atoms with Crippen LogP contribution in [-0.4, -0.2) is 32.6 Å². The van der Waals surface area contributed by atoms with Crippen molar-refractivity contribution in [1.82, 2.24) is 4.90 Å². The molecule has 2 nitrogen and oxygen atoms in total. The van der Waals surface area contributed by atoms with E-state index in [1.165, 1.54) is 0 Å². The molecule has 1 fully saturated rings. The van der Waals surface area contributed by atoms with Crippen molar-refractivity contribution in [3.8, 4) is 0 Å². The van der Waals surface area contributed by atoms with Gasteiger partial charge in [-0.05, 0) is 11.1 Å². The highest BCUT2D eigenvalue weighted by atomic mass is 127. The maximum Gasteiger partial charge on any atom is 0.326 e. The van der Waals surface area contributed by atoms with Gasteiger partial charge in [-0.3, -0.25) is 4.90 Å². The number of hydrogen-bond donors (Lipinski definition) is 1. The molecule has 1 saturated heterocycles. The zero-order chi connectivity index (χ0) is 15.8. The molecule has 22 heavy (non-hydrogen) atoms. The molecule has 0 spiro atoms. The second-order valence-corrected chi connectivity index (χ2v) is 7.01. The predicted octanol–water partition coefficient (Wildman–Crippen LogP) is 3.85. The van der Waals surface area contributed by atoms with E-state index in [1.54, 1.807) is 0 Å². The number of likely N-dealkylation sites (tertiary alicyclic amines) is 1. The summed E-state index contributed by atoms with van der Waals surface area (Å²) in [4.78, 5) is 1.89. The number of benzene rings is 2. The van der Waals surface area contributed by atoms with Crippen molar-refractivity contribution in [2.24, 2.45) is 0 Å². The topological polar surface area (TPSA) is 23.5 Å². The number of nitrogens with zero attached hydrogens (tertiary/aromatic N) is 1. The van der Waals surface area contributed by atoms with Gasteiger partial charge in [-0.15, -0.1) is 0 Å². The van der Waals surface area contributed by atoms with E-state index in [0.29, 0.717) is 0 Å². The highest BCUT2D eigenvalue weighted by Crippen LogP contribution is 2.45. The summed E-state index contributed by atoms with van der Waals surface area (Å²) >= 11 is 1.02. The third-order valence-corrected chi connectivity index (χ3v) is 5.06. The summed E-state index contributed by atoms with van der Waals surface area (Å²) in [6.07, 6.45) is 0. The van der Waals surface area contributed by atoms with Gasteiger partial charge in [0.15, 0.2) is 5.60 Å². The Morgan fingerprint density at radius 1 is 0.955 bits per heavy atom. The van der Waals surface area contributed by atoms with Crippen LogP contribution in [0.4, 0.5) is 8.78 Å². The van der Waals surface area contributed by atoms with Crippen molar-refractivity contribution in [2.75, 3.05) is 13.1 Å². The molecule has 0 unspecified atom stereocenters. The summed E-state index contributed by atoms with van der Waals surface area (Å²) in [6.45, 7) is -0.0885. The predicted molar refractivity (Wildman–Crippen MR) is 90.2 cm³/mol. The van der Waals surface area contributed by atoms with Crippen molar-refractivity contribution < 1.29 is 13.9 Å². The van der Waals surface area contributed by atoms with Gasteiger partial charge in [0.2, 0.25) is 0 Å². The molecule has 1 aliphatic heterocycles. The summed E-state index contributed by atoms with van der Waals surface area (Å²) in [5.41, 5.74) is 0.120. The highest BCUT2D eigenvalue weighted by Gasteiger charge is 2.59. The molecule has 0 aliphatic carbocycles. The van der Waals surface area contributed by atoms with Crippen molar-refractivity contribution in [1.29, 1.82) is 0 Å². The Morgan fingerprint density at radius 2 is 1.36 bits per heavy atom. The van der Waals surface area contributed by atoms with Gasteiger partial charge in [-0.2, -0.15) is 8.78 Å². The quantitative estimate of drug-likeness (QED) is 0.606. The van der Waals surface area contributed by atoms with Crippen LogP contribution in [0.15, 0.2) is 60.7 Å². The average molecular weight is 415 g/mol. The van der Waals surface area contributed by atoms with Crippen LogP contribution in [0, 0.1) is 0 Å². The number of β-amino-alcohol motifs (C(OH)–C–C–N with tert-alkyl or cyclic N) is 1. The van der Waals surface area contributed by atoms with Crippen LogP contribution in [0.25, 0.3) is 0 Å². The van der Waals surface area contributed by atoms with Gasteiger partial charge in [-0.25, -0.2) is 0 Å². The molecule has 0 amide bonds. The highest BCUT2D eigenvalue weighted by molar-refractivity contribution is 14.1. The Labute approximate surface area is 141 Å². The van der Waals surface area contributed by atoms with E-state index >= 15 is 0 Å². The fraction of sp³-hybridized carbons (Fsp3) is 0.294. The van der Waals surface area contributed by atoms with Gasteiger partial charge in [0.25, 0.3) is 0 Å². The molecular formula is C17H16F2INO. The Bertz CT molecular complexity index is 585. The molecular weight excluding hydrogens is 399 g/mol. The first-order valence-electron chi connectivity index (χ1n) is 7.04. The van der Waals surface area contributed by atoms with Crippen LogP contribution in [0.3, 0.4) is 0 Å². The Hall–Kier alpha value is -1.05. The summed E-state index contributed by atoms with van der Waals surface area (Å²) in [7, 11) is 0. The van der Waals surface area contributed by atoms with Gasteiger partial charge in [0, 0.05) is 35.7 Å². The summed E-state index contributed by atoms with van der Waals surface area (Å²) in [5.74, 6) is 0. The molecule has 0 radical (unpaired) electrons. The van der Waals surface area contributed by atoms with E-state index < -0.39 is 9.53 Å². The third kappa shape index (κ3) is 2.89. The van der Waals surface area contributed by atoms with E-state index in [-0.39, 0.29) is 19.1 Å². The van der Waals surface area contributed by atoms with Crippen LogP contribution in [0.1, 0.15) is 17.2 Å². The number of aliphatic hydroxyl groups is 1. The smallest absolute Gasteiger partial charge is 0.326 e. The zero-order valence-corrected chi connectivity index (χ0v) is 14.0. The van der Waals surface area contributed by atoms with E-state index in [2.05, 4.69) is 0 Å². The number of halogens is 3. The lowest BCUT2D eigenvalue weighted by molar-refractivity contribution is -0.195. The van der Waals surface area contributed by atoms with Crippen LogP contribution >= 0.6 is 22.6 Å². The van der Waals surface area contributed by atoms with Gasteiger partial charge < -0.3 is 5.11 Å². The lowest BCUT2D eigenvalue weighted by Gasteiger charge is -2.51. The lowest BCUT2D eigenvalue weighted by atomic mass is 9.87. The second kappa shape index (κ2) is 5.86. The molecule has 0 atom stereocenters. The molecule has 116 valence electrons. The van der Waals surface area contributed by atoms with Crippen molar-refractivity contribution in [3.05, 3.63) is 71.8 Å². The first-order valence-corrected chi connectivity index (χ1v) is 8.12. The summed E-state index contributed by atoms with van der Waals surface area (Å²) in [6, 6.07) is 19.4. The molecule has 1 aliphatic rings. The summed E-state index contributed by atoms with van der Waals surface area (Å²) < 4.78 is 23.9. The normalized spacial score (nSPS) is 18.2. The minimum absolute atomic E-state index is 0.0443. The van der Waals surface area contributed by atoms with Gasteiger partial charge in [0.1, 0.15) is 0 Å². The Balaban J connectivity index is 1.89. The first kappa shape index (κ1) is 15.8. The van der Waals surface area contributed by atoms with Crippen molar-refractivity contribution in [3.63, 3.8) is 0 Å². The van der Waals surface area contributed by atoms with Crippen LogP contribution in [0.5, 0.6) is 0 Å². The lowest BCUT2D eigenvalue weighted by Crippen LogP contribution is -2.69. The minimum Gasteiger partial charge on any atom is -0.380 e. The van der Waals surface area contributed by atoms with Crippen molar-refractivity contribution in [2.45, 2.75) is 15.6 Å². The van der Waals surface area contributed by atoms with Crippen LogP contribution in [0.2, 0.25) is 0 Å². The van der Waals surface area contributed by atoms with E-state index in [9.17, 15) is 13.9 Å². The zero-order valence-electron chi connectivity index (χ0n) is 11.8. The molecule has 5 heteroatoms. The van der Waals surface area contributed by atoms with Crippen molar-refractivity contribution >= 4 is 22.6 Å². The molecule has 1 N–H and O–H groups in total. The Morgan fingerprint density at radius 3 is 1.73 bits per heavy atom. The second-order valence-electron chi connectivity index (χ2n) is 5.66. The van der Waals surface area contributed by atoms with Gasteiger partial charge in [0.05, 0.1) is 6.04 Å². The molecule has 1 heterocycles. The number of rotatable bonds is 4. The maximum atomic E-state index is 13.5. The minimum atomic E-state index is -3.13. The molecule has 0 saturated carbocycles. The third-order valence-electron chi connectivity index (χ3n) is 4.05. The number of alkyl halides is 3. The van der Waals surface area contributed by atoms with E-state index in [1.807, 2.05) is 65.6 Å². The summed E-state index contributed by atoms with van der Waals surface area (Å²) in [5, 5.41) is 10.1. The first-order chi connectivity index (χ1) is 10.4. The van der Waals surface area contributed by atoms with Crippen LogP contribution in [-0.2, 0) is 0 Å². The SMILES string of the molecule is OC1(C(F)(F)I)CN(C(c2ccccc2)c2ccccc2)C1. The largest absolute Gasteiger partial charge is 0.380 e. The molecule has 2 aromatic carbocycles. The average Bonchev–Trinajstić information content (AvgIpc) is 2.47.